The summed E-state index contributed by atoms with van der Waals surface area (Å²) < 4.78 is 10.6. The summed E-state index contributed by atoms with van der Waals surface area (Å²) >= 11 is 0. The summed E-state index contributed by atoms with van der Waals surface area (Å²) in [7, 11) is 1.62. The summed E-state index contributed by atoms with van der Waals surface area (Å²) in [5.41, 5.74) is -0.126. The van der Waals surface area contributed by atoms with Gasteiger partial charge in [0.1, 0.15) is 5.75 Å². The van der Waals surface area contributed by atoms with Crippen LogP contribution >= 0.6 is 0 Å². The molecule has 3 atom stereocenters. The van der Waals surface area contributed by atoms with Crippen LogP contribution in [0.3, 0.4) is 0 Å². The molecule has 0 spiro atoms. The first kappa shape index (κ1) is 15.2. The standard InChI is InChI=1S/C17H23NO4/c1-3-22-16(19)18-12-8-9-13(18)11-17(20,10-12)14-6-4-5-7-15(14)21-2/h4-7,12-13,20H,3,8-11H2,1-2H3/t12-,13+,17?. The quantitative estimate of drug-likeness (QED) is 0.932. The summed E-state index contributed by atoms with van der Waals surface area (Å²) in [6, 6.07) is 7.66. The topological polar surface area (TPSA) is 59.0 Å². The van der Waals surface area contributed by atoms with Crippen LogP contribution in [0.2, 0.25) is 0 Å². The Kier molecular flexibility index (Phi) is 4.00. The maximum Gasteiger partial charge on any atom is 0.410 e. The number of nitrogens with zero attached hydrogens (tertiary/aromatic N) is 1. The zero-order chi connectivity index (χ0) is 15.7. The molecule has 120 valence electrons. The maximum absolute atomic E-state index is 12.1. The van der Waals surface area contributed by atoms with Crippen LogP contribution in [-0.2, 0) is 10.3 Å². The lowest BCUT2D eigenvalue weighted by Gasteiger charge is -2.43. The van der Waals surface area contributed by atoms with Gasteiger partial charge in [0, 0.05) is 30.5 Å². The van der Waals surface area contributed by atoms with Crippen LogP contribution in [0.1, 0.15) is 38.2 Å². The largest absolute Gasteiger partial charge is 0.496 e. The molecule has 3 rings (SSSR count). The molecule has 1 aromatic carbocycles. The number of benzene rings is 1. The third kappa shape index (κ3) is 2.43. The van der Waals surface area contributed by atoms with Gasteiger partial charge in [-0.1, -0.05) is 18.2 Å². The Bertz CT molecular complexity index is 545. The van der Waals surface area contributed by atoms with E-state index < -0.39 is 5.60 Å². The van der Waals surface area contributed by atoms with Crippen molar-refractivity contribution in [1.82, 2.24) is 4.90 Å². The minimum absolute atomic E-state index is 0.0349. The number of aliphatic hydroxyl groups is 1. The summed E-state index contributed by atoms with van der Waals surface area (Å²) in [4.78, 5) is 14.0. The fourth-order valence-electron chi connectivity index (χ4n) is 3.97. The lowest BCUT2D eigenvalue weighted by atomic mass is 9.80. The third-order valence-corrected chi connectivity index (χ3v) is 4.85. The van der Waals surface area contributed by atoms with Gasteiger partial charge in [0.25, 0.3) is 0 Å². The second kappa shape index (κ2) is 5.80. The number of carbonyl (C=O) groups is 1. The van der Waals surface area contributed by atoms with Crippen molar-refractivity contribution in [3.05, 3.63) is 29.8 Å². The first-order valence-corrected chi connectivity index (χ1v) is 7.90. The molecule has 2 fully saturated rings. The molecule has 1 aromatic rings. The Morgan fingerprint density at radius 3 is 2.55 bits per heavy atom. The Labute approximate surface area is 130 Å². The van der Waals surface area contributed by atoms with Gasteiger partial charge in [-0.25, -0.2) is 4.79 Å². The van der Waals surface area contributed by atoms with Crippen molar-refractivity contribution in [3.8, 4) is 5.75 Å². The smallest absolute Gasteiger partial charge is 0.410 e. The van der Waals surface area contributed by atoms with E-state index in [0.717, 1.165) is 18.4 Å². The molecule has 2 saturated heterocycles. The number of ether oxygens (including phenoxy) is 2. The van der Waals surface area contributed by atoms with Crippen LogP contribution in [0, 0.1) is 0 Å². The van der Waals surface area contributed by atoms with E-state index in [0.29, 0.717) is 25.2 Å². The van der Waals surface area contributed by atoms with Crippen LogP contribution in [0.4, 0.5) is 4.79 Å². The minimum atomic E-state index is -0.943. The van der Waals surface area contributed by atoms with Gasteiger partial charge < -0.3 is 19.5 Å². The highest BCUT2D eigenvalue weighted by molar-refractivity contribution is 5.69. The average Bonchev–Trinajstić information content (AvgIpc) is 2.80. The van der Waals surface area contributed by atoms with Gasteiger partial charge in [-0.3, -0.25) is 0 Å². The molecule has 2 heterocycles. The molecule has 2 aliphatic rings. The molecule has 1 amide bonds. The monoisotopic (exact) mass is 305 g/mol. The summed E-state index contributed by atoms with van der Waals surface area (Å²) in [6.45, 7) is 2.19. The van der Waals surface area contributed by atoms with E-state index >= 15 is 0 Å². The van der Waals surface area contributed by atoms with Crippen molar-refractivity contribution < 1.29 is 19.4 Å². The van der Waals surface area contributed by atoms with Gasteiger partial charge in [0.15, 0.2) is 0 Å². The van der Waals surface area contributed by atoms with E-state index in [4.69, 9.17) is 9.47 Å². The molecular formula is C17H23NO4. The van der Waals surface area contributed by atoms with E-state index in [9.17, 15) is 9.90 Å². The summed E-state index contributed by atoms with van der Waals surface area (Å²) in [5, 5.41) is 11.2. The Balaban J connectivity index is 1.86. The molecule has 2 aliphatic heterocycles. The van der Waals surface area contributed by atoms with Crippen LogP contribution < -0.4 is 4.74 Å². The fraction of sp³-hybridized carbons (Fsp3) is 0.588. The predicted molar refractivity (Wildman–Crippen MR) is 81.8 cm³/mol. The first-order valence-electron chi connectivity index (χ1n) is 7.90. The molecule has 5 nitrogen and oxygen atoms in total. The molecule has 1 N–H and O–H groups in total. The molecule has 0 aromatic heterocycles. The first-order chi connectivity index (χ1) is 10.6. The minimum Gasteiger partial charge on any atom is -0.496 e. The number of piperidine rings is 1. The van der Waals surface area contributed by atoms with E-state index in [2.05, 4.69) is 0 Å². The second-order valence-corrected chi connectivity index (χ2v) is 6.13. The Morgan fingerprint density at radius 1 is 1.32 bits per heavy atom. The van der Waals surface area contributed by atoms with Gasteiger partial charge in [-0.05, 0) is 25.8 Å². The third-order valence-electron chi connectivity index (χ3n) is 4.85. The zero-order valence-corrected chi connectivity index (χ0v) is 13.1. The lowest BCUT2D eigenvalue weighted by Crippen LogP contribution is -2.52. The average molecular weight is 305 g/mol. The Hall–Kier alpha value is -1.75. The van der Waals surface area contributed by atoms with Crippen molar-refractivity contribution >= 4 is 6.09 Å². The second-order valence-electron chi connectivity index (χ2n) is 6.13. The highest BCUT2D eigenvalue weighted by Gasteiger charge is 2.51. The van der Waals surface area contributed by atoms with E-state index in [1.807, 2.05) is 36.1 Å². The Morgan fingerprint density at radius 2 is 1.95 bits per heavy atom. The number of hydrogen-bond acceptors (Lipinski definition) is 4. The SMILES string of the molecule is CCOC(=O)N1[C@@H]2CC[C@H]1CC(O)(c1ccccc1OC)C2. The van der Waals surface area contributed by atoms with Crippen molar-refractivity contribution in [2.75, 3.05) is 13.7 Å². The number of hydrogen-bond donors (Lipinski definition) is 1. The highest BCUT2D eigenvalue weighted by Crippen LogP contribution is 2.47. The molecule has 2 bridgehead atoms. The molecular weight excluding hydrogens is 282 g/mol. The van der Waals surface area contributed by atoms with E-state index in [1.54, 1.807) is 7.11 Å². The van der Waals surface area contributed by atoms with Gasteiger partial charge >= 0.3 is 6.09 Å². The van der Waals surface area contributed by atoms with Crippen molar-refractivity contribution in [2.45, 2.75) is 50.3 Å². The summed E-state index contributed by atoms with van der Waals surface area (Å²) in [5.74, 6) is 0.703. The predicted octanol–water partition coefficient (Wildman–Crippen LogP) is 2.67. The van der Waals surface area contributed by atoms with Gasteiger partial charge in [0.05, 0.1) is 19.3 Å². The van der Waals surface area contributed by atoms with Crippen molar-refractivity contribution in [1.29, 1.82) is 0 Å². The van der Waals surface area contributed by atoms with E-state index in [1.165, 1.54) is 0 Å². The molecule has 0 radical (unpaired) electrons. The lowest BCUT2D eigenvalue weighted by molar-refractivity contribution is -0.0536. The number of methoxy groups -OCH3 is 1. The van der Waals surface area contributed by atoms with Crippen LogP contribution in [0.25, 0.3) is 0 Å². The van der Waals surface area contributed by atoms with Crippen LogP contribution in [0.15, 0.2) is 24.3 Å². The molecule has 5 heteroatoms. The van der Waals surface area contributed by atoms with Crippen molar-refractivity contribution in [3.63, 3.8) is 0 Å². The fourth-order valence-corrected chi connectivity index (χ4v) is 3.97. The molecule has 1 unspecified atom stereocenters. The van der Waals surface area contributed by atoms with Crippen molar-refractivity contribution in [2.24, 2.45) is 0 Å². The van der Waals surface area contributed by atoms with Crippen LogP contribution in [0.5, 0.6) is 5.75 Å². The van der Waals surface area contributed by atoms with Gasteiger partial charge in [0.2, 0.25) is 0 Å². The normalized spacial score (nSPS) is 30.2. The number of para-hydroxylation sites is 1. The van der Waals surface area contributed by atoms with Gasteiger partial charge in [-0.2, -0.15) is 0 Å². The number of carbonyl (C=O) groups excluding carboxylic acids is 1. The zero-order valence-electron chi connectivity index (χ0n) is 13.1. The molecule has 22 heavy (non-hydrogen) atoms. The summed E-state index contributed by atoms with van der Waals surface area (Å²) in [6.07, 6.45) is 2.64. The van der Waals surface area contributed by atoms with Crippen LogP contribution in [-0.4, -0.2) is 41.9 Å². The van der Waals surface area contributed by atoms with E-state index in [-0.39, 0.29) is 18.2 Å². The maximum atomic E-state index is 12.1. The number of rotatable bonds is 3. The highest BCUT2D eigenvalue weighted by atomic mass is 16.6. The molecule has 0 saturated carbocycles. The van der Waals surface area contributed by atoms with Gasteiger partial charge in [-0.15, -0.1) is 0 Å². The number of amides is 1. The molecule has 0 aliphatic carbocycles. The number of fused-ring (bicyclic) bond motifs is 2.